The summed E-state index contributed by atoms with van der Waals surface area (Å²) in [6.45, 7) is 0.982. The first-order chi connectivity index (χ1) is 10.6. The summed E-state index contributed by atoms with van der Waals surface area (Å²) in [5.74, 6) is 0.532. The molecule has 22 heavy (non-hydrogen) atoms. The number of ether oxygens (including phenoxy) is 1. The lowest BCUT2D eigenvalue weighted by Gasteiger charge is -2.26. The molecule has 3 rings (SSSR count). The van der Waals surface area contributed by atoms with E-state index in [4.69, 9.17) is 4.74 Å². The molecule has 0 N–H and O–H groups in total. The zero-order valence-corrected chi connectivity index (χ0v) is 14.9. The highest BCUT2D eigenvalue weighted by Crippen LogP contribution is 2.30. The van der Waals surface area contributed by atoms with Gasteiger partial charge in [0.15, 0.2) is 0 Å². The van der Waals surface area contributed by atoms with Gasteiger partial charge in [0.05, 0.1) is 16.3 Å². The summed E-state index contributed by atoms with van der Waals surface area (Å²) in [6, 6.07) is 3.69. The molecule has 1 aromatic heterocycles. The Bertz CT molecular complexity index is 617. The Kier molecular flexibility index (Phi) is 5.04. The standard InChI is InChI=1S/C15H21BrN2O3S/c16-14-7-4-9-17-15(14)21-12-8-10-18(11-12)22(19,20)13-5-2-1-3-6-13/h4,7,9,12-13H,1-3,5-6,8,10-11H2. The van der Waals surface area contributed by atoms with E-state index in [9.17, 15) is 8.42 Å². The number of hydrogen-bond acceptors (Lipinski definition) is 4. The van der Waals surface area contributed by atoms with Gasteiger partial charge in [-0.25, -0.2) is 13.4 Å². The molecule has 0 bridgehead atoms. The third kappa shape index (κ3) is 3.46. The largest absolute Gasteiger partial charge is 0.472 e. The number of sulfonamides is 1. The molecular weight excluding hydrogens is 368 g/mol. The van der Waals surface area contributed by atoms with Crippen LogP contribution in [0.2, 0.25) is 0 Å². The van der Waals surface area contributed by atoms with Gasteiger partial charge in [-0.05, 0) is 47.3 Å². The number of hydrogen-bond donors (Lipinski definition) is 0. The average Bonchev–Trinajstić information content (AvgIpc) is 3.00. The Morgan fingerprint density at radius 3 is 2.73 bits per heavy atom. The second-order valence-corrected chi connectivity index (χ2v) is 9.05. The van der Waals surface area contributed by atoms with E-state index in [2.05, 4.69) is 20.9 Å². The summed E-state index contributed by atoms with van der Waals surface area (Å²) in [5, 5.41) is -0.193. The van der Waals surface area contributed by atoms with E-state index in [0.29, 0.717) is 19.0 Å². The SMILES string of the molecule is O=S(=O)(C1CCCCC1)N1CCC(Oc2ncccc2Br)C1. The molecule has 0 spiro atoms. The first-order valence-corrected chi connectivity index (χ1v) is 10.1. The zero-order valence-electron chi connectivity index (χ0n) is 12.4. The molecule has 1 unspecified atom stereocenters. The van der Waals surface area contributed by atoms with E-state index in [1.807, 2.05) is 12.1 Å². The van der Waals surface area contributed by atoms with Crippen LogP contribution in [0.4, 0.5) is 0 Å². The molecule has 1 atom stereocenters. The Hall–Kier alpha value is -0.660. The van der Waals surface area contributed by atoms with Crippen LogP contribution in [0.3, 0.4) is 0 Å². The van der Waals surface area contributed by atoms with Crippen LogP contribution in [-0.2, 0) is 10.0 Å². The van der Waals surface area contributed by atoms with Gasteiger partial charge in [0.1, 0.15) is 6.10 Å². The summed E-state index contributed by atoms with van der Waals surface area (Å²) < 4.78 is 33.7. The molecule has 1 aromatic rings. The van der Waals surface area contributed by atoms with Crippen molar-refractivity contribution in [1.82, 2.24) is 9.29 Å². The molecule has 7 heteroatoms. The highest BCUT2D eigenvalue weighted by atomic mass is 79.9. The van der Waals surface area contributed by atoms with Crippen molar-refractivity contribution in [3.63, 3.8) is 0 Å². The Labute approximate surface area is 140 Å². The minimum absolute atomic E-state index is 0.121. The maximum Gasteiger partial charge on any atom is 0.228 e. The van der Waals surface area contributed by atoms with Crippen molar-refractivity contribution in [2.75, 3.05) is 13.1 Å². The molecule has 0 amide bonds. The van der Waals surface area contributed by atoms with Crippen molar-refractivity contribution in [2.45, 2.75) is 49.9 Å². The Morgan fingerprint density at radius 1 is 1.23 bits per heavy atom. The third-order valence-corrected chi connectivity index (χ3v) is 7.41. The summed E-state index contributed by atoms with van der Waals surface area (Å²) in [6.07, 6.45) is 7.08. The maximum atomic E-state index is 12.7. The quantitative estimate of drug-likeness (QED) is 0.795. The van der Waals surface area contributed by atoms with Crippen molar-refractivity contribution in [3.8, 4) is 5.88 Å². The molecule has 122 valence electrons. The second-order valence-electron chi connectivity index (χ2n) is 5.98. The van der Waals surface area contributed by atoms with Crippen molar-refractivity contribution in [3.05, 3.63) is 22.8 Å². The summed E-state index contributed by atoms with van der Waals surface area (Å²) >= 11 is 3.40. The normalized spacial score (nSPS) is 24.5. The predicted molar refractivity (Wildman–Crippen MR) is 88.3 cm³/mol. The maximum absolute atomic E-state index is 12.7. The molecular formula is C15H21BrN2O3S. The number of rotatable bonds is 4. The number of nitrogens with zero attached hydrogens (tertiary/aromatic N) is 2. The number of pyridine rings is 1. The fourth-order valence-electron chi connectivity index (χ4n) is 3.21. The highest BCUT2D eigenvalue weighted by Gasteiger charge is 2.38. The summed E-state index contributed by atoms with van der Waals surface area (Å²) in [7, 11) is -3.18. The fourth-order valence-corrected chi connectivity index (χ4v) is 5.65. The van der Waals surface area contributed by atoms with Crippen LogP contribution in [-0.4, -0.2) is 42.2 Å². The minimum Gasteiger partial charge on any atom is -0.472 e. The van der Waals surface area contributed by atoms with Gasteiger partial charge in [-0.2, -0.15) is 4.31 Å². The molecule has 0 aromatic carbocycles. The minimum atomic E-state index is -3.18. The molecule has 2 fully saturated rings. The lowest BCUT2D eigenvalue weighted by atomic mass is 10.0. The molecule has 0 radical (unpaired) electrons. The van der Waals surface area contributed by atoms with Gasteiger partial charge in [0.2, 0.25) is 15.9 Å². The lowest BCUT2D eigenvalue weighted by molar-refractivity contribution is 0.205. The van der Waals surface area contributed by atoms with Crippen molar-refractivity contribution < 1.29 is 13.2 Å². The molecule has 1 saturated heterocycles. The van der Waals surface area contributed by atoms with Gasteiger partial charge in [-0.15, -0.1) is 0 Å². The van der Waals surface area contributed by atoms with Crippen LogP contribution in [0.5, 0.6) is 5.88 Å². The fraction of sp³-hybridized carbons (Fsp3) is 0.667. The van der Waals surface area contributed by atoms with E-state index >= 15 is 0 Å². The van der Waals surface area contributed by atoms with Crippen LogP contribution in [0.15, 0.2) is 22.8 Å². The average molecular weight is 389 g/mol. The Balaban J connectivity index is 1.63. The van der Waals surface area contributed by atoms with Crippen LogP contribution < -0.4 is 4.74 Å². The van der Waals surface area contributed by atoms with Crippen LogP contribution in [0, 0.1) is 0 Å². The topological polar surface area (TPSA) is 59.5 Å². The van der Waals surface area contributed by atoms with E-state index in [1.165, 1.54) is 0 Å². The van der Waals surface area contributed by atoms with Gasteiger partial charge in [-0.3, -0.25) is 0 Å². The van der Waals surface area contributed by atoms with Crippen molar-refractivity contribution in [1.29, 1.82) is 0 Å². The summed E-state index contributed by atoms with van der Waals surface area (Å²) in [4.78, 5) is 4.18. The second kappa shape index (κ2) is 6.84. The van der Waals surface area contributed by atoms with Gasteiger partial charge in [0, 0.05) is 12.7 Å². The van der Waals surface area contributed by atoms with Crippen molar-refractivity contribution >= 4 is 26.0 Å². The Morgan fingerprint density at radius 2 is 2.00 bits per heavy atom. The van der Waals surface area contributed by atoms with Gasteiger partial charge >= 0.3 is 0 Å². The van der Waals surface area contributed by atoms with E-state index in [0.717, 1.165) is 43.0 Å². The molecule has 5 nitrogen and oxygen atoms in total. The van der Waals surface area contributed by atoms with E-state index in [-0.39, 0.29) is 11.4 Å². The lowest BCUT2D eigenvalue weighted by Crippen LogP contribution is -2.39. The first-order valence-electron chi connectivity index (χ1n) is 7.83. The van der Waals surface area contributed by atoms with Crippen molar-refractivity contribution in [2.24, 2.45) is 0 Å². The highest BCUT2D eigenvalue weighted by molar-refractivity contribution is 9.10. The molecule has 1 aliphatic carbocycles. The van der Waals surface area contributed by atoms with Gasteiger partial charge in [0.25, 0.3) is 0 Å². The van der Waals surface area contributed by atoms with E-state index < -0.39 is 10.0 Å². The molecule has 2 aliphatic rings. The smallest absolute Gasteiger partial charge is 0.228 e. The zero-order chi connectivity index (χ0) is 15.6. The van der Waals surface area contributed by atoms with Crippen LogP contribution >= 0.6 is 15.9 Å². The third-order valence-electron chi connectivity index (χ3n) is 4.44. The van der Waals surface area contributed by atoms with Gasteiger partial charge < -0.3 is 4.74 Å². The predicted octanol–water partition coefficient (Wildman–Crippen LogP) is 2.96. The molecule has 1 aliphatic heterocycles. The van der Waals surface area contributed by atoms with Crippen LogP contribution in [0.1, 0.15) is 38.5 Å². The van der Waals surface area contributed by atoms with E-state index in [1.54, 1.807) is 10.5 Å². The number of aromatic nitrogens is 1. The van der Waals surface area contributed by atoms with Gasteiger partial charge in [-0.1, -0.05) is 19.3 Å². The summed E-state index contributed by atoms with van der Waals surface area (Å²) in [5.41, 5.74) is 0. The monoisotopic (exact) mass is 388 g/mol. The molecule has 1 saturated carbocycles. The molecule has 2 heterocycles. The number of halogens is 1. The first kappa shape index (κ1) is 16.2. The van der Waals surface area contributed by atoms with Crippen LogP contribution in [0.25, 0.3) is 0 Å².